The van der Waals surface area contributed by atoms with E-state index in [1.54, 1.807) is 18.3 Å². The van der Waals surface area contributed by atoms with E-state index < -0.39 is 0 Å². The van der Waals surface area contributed by atoms with Gasteiger partial charge in [0.25, 0.3) is 0 Å². The third kappa shape index (κ3) is 1.18. The summed E-state index contributed by atoms with van der Waals surface area (Å²) in [6, 6.07) is 5.39. The molecule has 1 aliphatic heterocycles. The molecule has 1 aromatic carbocycles. The Morgan fingerprint density at radius 3 is 3.08 bits per heavy atom. The topological polar surface area (TPSA) is 40.4 Å². The van der Waals surface area contributed by atoms with Crippen molar-refractivity contribution in [3.05, 3.63) is 35.5 Å². The summed E-state index contributed by atoms with van der Waals surface area (Å²) in [6.45, 7) is 0. The van der Waals surface area contributed by atoms with Crippen LogP contribution in [-0.2, 0) is 4.74 Å². The van der Waals surface area contributed by atoms with Crippen LogP contribution in [0.3, 0.4) is 0 Å². The van der Waals surface area contributed by atoms with Gasteiger partial charge in [0, 0.05) is 11.8 Å². The number of ether oxygens (including phenoxy) is 1. The highest BCUT2D eigenvalue weighted by Gasteiger charge is 2.15. The molecule has 13 heavy (non-hydrogen) atoms. The van der Waals surface area contributed by atoms with E-state index in [0.29, 0.717) is 5.56 Å². The number of benzene rings is 1. The summed E-state index contributed by atoms with van der Waals surface area (Å²) < 4.78 is 4.65. The van der Waals surface area contributed by atoms with Crippen molar-refractivity contribution in [1.82, 2.24) is 5.32 Å². The van der Waals surface area contributed by atoms with Crippen molar-refractivity contribution in [2.45, 2.75) is 0 Å². The van der Waals surface area contributed by atoms with Gasteiger partial charge in [0.1, 0.15) is 0 Å². The zero-order valence-corrected chi connectivity index (χ0v) is 7.15. The first-order valence-corrected chi connectivity index (χ1v) is 3.91. The molecular weight excluding hydrogens is 166 g/mol. The van der Waals surface area contributed by atoms with Gasteiger partial charge in [-0.15, -0.1) is 0 Å². The van der Waals surface area contributed by atoms with Crippen LogP contribution in [0, 0.1) is 0 Å². The summed E-state index contributed by atoms with van der Waals surface area (Å²) in [4.78, 5) is 11.3. The van der Waals surface area contributed by atoms with E-state index in [-0.39, 0.29) is 5.97 Å². The van der Waals surface area contributed by atoms with Gasteiger partial charge in [-0.05, 0) is 18.2 Å². The van der Waals surface area contributed by atoms with Crippen LogP contribution in [0.5, 0.6) is 0 Å². The molecule has 0 spiro atoms. The maximum Gasteiger partial charge on any atom is 0.338 e. The predicted molar refractivity (Wildman–Crippen MR) is 48.6 cm³/mol. The van der Waals surface area contributed by atoms with Gasteiger partial charge in [-0.25, -0.2) is 4.79 Å². The van der Waals surface area contributed by atoms with Crippen LogP contribution in [-0.4, -0.2) is 13.1 Å². The van der Waals surface area contributed by atoms with Crippen molar-refractivity contribution in [3.8, 4) is 0 Å². The summed E-state index contributed by atoms with van der Waals surface area (Å²) in [5.41, 5.74) is 2.23. The minimum atomic E-state index is -0.321. The van der Waals surface area contributed by atoms with Crippen molar-refractivity contribution in [3.63, 3.8) is 0 Å². The van der Waals surface area contributed by atoms with E-state index in [1.807, 2.05) is 12.1 Å². The molecule has 0 aliphatic carbocycles. The molecule has 0 saturated carbocycles. The lowest BCUT2D eigenvalue weighted by molar-refractivity contribution is 0.0600. The minimum Gasteiger partial charge on any atom is -0.465 e. The molecule has 0 fully saturated rings. The van der Waals surface area contributed by atoms with Crippen LogP contribution < -0.4 is 5.32 Å². The Labute approximate surface area is 76.0 Å². The summed E-state index contributed by atoms with van der Waals surface area (Å²) in [6.07, 6.45) is 3.48. The quantitative estimate of drug-likeness (QED) is 0.608. The van der Waals surface area contributed by atoms with E-state index in [1.165, 1.54) is 7.11 Å². The normalized spacial score (nSPS) is 12.1. The van der Waals surface area contributed by atoms with Crippen LogP contribution in [0.4, 0.5) is 5.69 Å². The molecule has 0 aromatic heterocycles. The number of hydrogen-bond donors (Lipinski definition) is 0. The number of hydrogen-bond acceptors (Lipinski definition) is 2. The lowest BCUT2D eigenvalue weighted by Gasteiger charge is -2.03. The highest BCUT2D eigenvalue weighted by atomic mass is 16.5. The van der Waals surface area contributed by atoms with E-state index in [4.69, 9.17) is 0 Å². The Hall–Kier alpha value is -1.77. The van der Waals surface area contributed by atoms with Gasteiger partial charge in [-0.3, -0.25) is 5.32 Å². The Bertz CT molecular complexity index is 383. The summed E-state index contributed by atoms with van der Waals surface area (Å²) in [7, 11) is 1.37. The van der Waals surface area contributed by atoms with E-state index in [2.05, 4.69) is 10.1 Å². The summed E-state index contributed by atoms with van der Waals surface area (Å²) >= 11 is 0. The highest BCUT2D eigenvalue weighted by molar-refractivity contribution is 5.96. The second-order valence-corrected chi connectivity index (χ2v) is 2.67. The van der Waals surface area contributed by atoms with Crippen LogP contribution in [0.1, 0.15) is 15.9 Å². The molecule has 1 radical (unpaired) electrons. The van der Waals surface area contributed by atoms with Crippen molar-refractivity contribution in [2.24, 2.45) is 0 Å². The number of carbonyl (C=O) groups is 1. The number of rotatable bonds is 1. The molecule has 3 nitrogen and oxygen atoms in total. The zero-order valence-electron chi connectivity index (χ0n) is 7.15. The second-order valence-electron chi connectivity index (χ2n) is 2.67. The van der Waals surface area contributed by atoms with Gasteiger partial charge >= 0.3 is 5.97 Å². The number of nitrogens with zero attached hydrogens (tertiary/aromatic N) is 1. The number of methoxy groups -OCH3 is 1. The average molecular weight is 174 g/mol. The van der Waals surface area contributed by atoms with E-state index in [0.717, 1.165) is 11.3 Å². The second kappa shape index (κ2) is 2.94. The number of esters is 1. The summed E-state index contributed by atoms with van der Waals surface area (Å²) in [5, 5.41) is 4.09. The van der Waals surface area contributed by atoms with E-state index in [9.17, 15) is 4.79 Å². The first kappa shape index (κ1) is 7.86. The van der Waals surface area contributed by atoms with Gasteiger partial charge in [0.2, 0.25) is 0 Å². The molecule has 2 rings (SSSR count). The molecule has 0 saturated heterocycles. The lowest BCUT2D eigenvalue weighted by atomic mass is 10.1. The van der Waals surface area contributed by atoms with Crippen molar-refractivity contribution in [1.29, 1.82) is 0 Å². The lowest BCUT2D eigenvalue weighted by Crippen LogP contribution is -2.03. The molecule has 0 unspecified atom stereocenters. The van der Waals surface area contributed by atoms with Gasteiger partial charge in [-0.1, -0.05) is 6.07 Å². The molecule has 1 aliphatic rings. The largest absolute Gasteiger partial charge is 0.465 e. The molecule has 3 heteroatoms. The maximum absolute atomic E-state index is 11.3. The van der Waals surface area contributed by atoms with Crippen molar-refractivity contribution >= 4 is 17.7 Å². The maximum atomic E-state index is 11.3. The minimum absolute atomic E-state index is 0.321. The monoisotopic (exact) mass is 174 g/mol. The molecular formula is C10H8NO2. The van der Waals surface area contributed by atoms with E-state index >= 15 is 0 Å². The van der Waals surface area contributed by atoms with Crippen LogP contribution >= 0.6 is 0 Å². The van der Waals surface area contributed by atoms with Gasteiger partial charge in [-0.2, -0.15) is 0 Å². The molecule has 0 bridgehead atoms. The van der Waals surface area contributed by atoms with Gasteiger partial charge in [0.05, 0.1) is 18.4 Å². The predicted octanol–water partition coefficient (Wildman–Crippen LogP) is 1.69. The molecule has 0 N–H and O–H groups in total. The smallest absolute Gasteiger partial charge is 0.338 e. The molecule has 0 amide bonds. The number of fused-ring (bicyclic) bond motifs is 1. The van der Waals surface area contributed by atoms with Crippen LogP contribution in [0.25, 0.3) is 6.08 Å². The molecule has 0 atom stereocenters. The zero-order chi connectivity index (χ0) is 9.26. The summed E-state index contributed by atoms with van der Waals surface area (Å²) in [5.74, 6) is -0.321. The van der Waals surface area contributed by atoms with Gasteiger partial charge in [0.15, 0.2) is 0 Å². The molecule has 65 valence electrons. The fraction of sp³-hybridized carbons (Fsp3) is 0.100. The highest BCUT2D eigenvalue weighted by Crippen LogP contribution is 2.26. The van der Waals surface area contributed by atoms with Crippen LogP contribution in [0.15, 0.2) is 24.4 Å². The number of carbonyl (C=O) groups excluding carboxylic acids is 1. The standard InChI is InChI=1S/C10H8NO2/c1-13-10(12)8-3-2-4-9-7(8)5-6-11-9/h2-6H,1H3. The fourth-order valence-electron chi connectivity index (χ4n) is 1.32. The Kier molecular flexibility index (Phi) is 1.77. The average Bonchev–Trinajstić information content (AvgIpc) is 2.63. The first-order chi connectivity index (χ1) is 6.33. The third-order valence-electron chi connectivity index (χ3n) is 1.94. The van der Waals surface area contributed by atoms with Crippen LogP contribution in [0.2, 0.25) is 0 Å². The molecule has 1 heterocycles. The fourth-order valence-corrected chi connectivity index (χ4v) is 1.32. The molecule has 1 aromatic rings. The Morgan fingerprint density at radius 2 is 2.31 bits per heavy atom. The third-order valence-corrected chi connectivity index (χ3v) is 1.94. The SMILES string of the molecule is COC(=O)c1cccc2c1C=C[N]2. The first-order valence-electron chi connectivity index (χ1n) is 3.91. The van der Waals surface area contributed by atoms with Crippen molar-refractivity contribution in [2.75, 3.05) is 7.11 Å². The Morgan fingerprint density at radius 1 is 1.46 bits per heavy atom. The van der Waals surface area contributed by atoms with Gasteiger partial charge < -0.3 is 4.74 Å². The Balaban J connectivity index is 2.52. The van der Waals surface area contributed by atoms with Crippen molar-refractivity contribution < 1.29 is 9.53 Å².